The molecule has 0 amide bonds. The number of benzene rings is 9. The van der Waals surface area contributed by atoms with E-state index in [9.17, 15) is 0 Å². The van der Waals surface area contributed by atoms with E-state index in [1.54, 1.807) is 56.9 Å². The van der Waals surface area contributed by atoms with E-state index in [4.69, 9.17) is 67.8 Å². The Bertz CT molecular complexity index is 4780. The van der Waals surface area contributed by atoms with Gasteiger partial charge >= 0.3 is 0 Å². The van der Waals surface area contributed by atoms with Gasteiger partial charge in [0.25, 0.3) is 0 Å². The second kappa shape index (κ2) is 17.0. The molecule has 0 spiro atoms. The molecular formula is C61H46N8O8. The third-order valence-electron chi connectivity index (χ3n) is 15.0. The van der Waals surface area contributed by atoms with Crippen LogP contribution in [0, 0.1) is 0 Å². The Labute approximate surface area is 438 Å². The molecule has 0 aliphatic carbocycles. The van der Waals surface area contributed by atoms with E-state index in [1.807, 2.05) is 96.5 Å². The molecule has 77 heavy (non-hydrogen) atoms. The zero-order valence-electron chi connectivity index (χ0n) is 43.3. The van der Waals surface area contributed by atoms with Crippen LogP contribution >= 0.6 is 0 Å². The van der Waals surface area contributed by atoms with Crippen molar-refractivity contribution >= 4 is 98.0 Å². The number of H-pyrrole nitrogens is 1. The van der Waals surface area contributed by atoms with E-state index in [2.05, 4.69) is 29.2 Å². The summed E-state index contributed by atoms with van der Waals surface area (Å²) in [5.41, 5.74) is 3.84. The standard InChI is InChI=1S/C61H46N8O8/c1-69-60-44-45(51(75-7)35-25-17-16-24-34(35)50(44)74-6)61(69)68-59-43-42(52(76-8)36-26-28-18-10-11-19-29(28)27-37(36)53(43)77-9)57(66-59)64-55-39-38(46(70-2)30-20-12-13-21-31(30)47(39)71-3)54(62-55)63-56-40-41(58(65-56)67-60)49(73-5)33-23-15-14-22-32(33)48(40)72-4/h10-27H,1-9H3,(H,62,63,64,65,66,67,68). The number of aryl methyl sites for hydroxylation is 1. The van der Waals surface area contributed by atoms with Crippen LogP contribution in [0.25, 0.3) is 144 Å². The summed E-state index contributed by atoms with van der Waals surface area (Å²) in [5.74, 6) is 5.38. The Balaban J connectivity index is 1.29. The van der Waals surface area contributed by atoms with Crippen molar-refractivity contribution in [1.82, 2.24) is 39.5 Å². The van der Waals surface area contributed by atoms with Crippen LogP contribution in [0.1, 0.15) is 0 Å². The average Bonchev–Trinajstić information content (AvgIpc) is 4.41. The maximum Gasteiger partial charge on any atom is 0.168 e. The fraction of sp³-hybridized carbons (Fsp3) is 0.148. The summed E-state index contributed by atoms with van der Waals surface area (Å²) in [6.45, 7) is 0. The molecule has 2 aliphatic rings. The first-order valence-corrected chi connectivity index (χ1v) is 24.7. The van der Waals surface area contributed by atoms with E-state index in [1.165, 1.54) is 0 Å². The normalized spacial score (nSPS) is 12.0. The highest BCUT2D eigenvalue weighted by molar-refractivity contribution is 6.23. The van der Waals surface area contributed by atoms with Crippen LogP contribution in [0.2, 0.25) is 0 Å². The smallest absolute Gasteiger partial charge is 0.168 e. The van der Waals surface area contributed by atoms with Crippen LogP contribution in [0.4, 0.5) is 0 Å². The molecule has 0 unspecified atom stereocenters. The van der Waals surface area contributed by atoms with Gasteiger partial charge in [-0.2, -0.15) is 0 Å². The van der Waals surface area contributed by atoms with Crippen molar-refractivity contribution in [2.24, 2.45) is 7.05 Å². The van der Waals surface area contributed by atoms with Gasteiger partial charge in [0.05, 0.1) is 101 Å². The number of hydrogen-bond acceptors (Lipinski definition) is 14. The summed E-state index contributed by atoms with van der Waals surface area (Å²) in [6, 6.07) is 36.1. The Morgan fingerprint density at radius 2 is 0.584 bits per heavy atom. The fourth-order valence-electron chi connectivity index (χ4n) is 11.9. The van der Waals surface area contributed by atoms with Crippen LogP contribution in [0.15, 0.2) is 109 Å². The summed E-state index contributed by atoms with van der Waals surface area (Å²) in [4.78, 5) is 36.7. The number of hydrogen-bond donors (Lipinski definition) is 1. The number of nitrogens with zero attached hydrogens (tertiary/aromatic N) is 7. The first-order valence-electron chi connectivity index (χ1n) is 24.7. The highest BCUT2D eigenvalue weighted by Gasteiger charge is 2.35. The maximum atomic E-state index is 6.52. The summed E-state index contributed by atoms with van der Waals surface area (Å²) in [6.07, 6.45) is 0. The Hall–Kier alpha value is -9.96. The molecule has 1 N–H and O–H groups in total. The van der Waals surface area contributed by atoms with Crippen molar-refractivity contribution in [3.8, 4) is 91.5 Å². The number of aromatic amines is 1. The van der Waals surface area contributed by atoms with Crippen LogP contribution < -0.4 is 37.9 Å². The number of methoxy groups -OCH3 is 8. The molecule has 5 heterocycles. The van der Waals surface area contributed by atoms with Gasteiger partial charge in [0.1, 0.15) is 68.6 Å². The second-order valence-corrected chi connectivity index (χ2v) is 18.6. The SMILES string of the molecule is COc1c2c(c(OC)c3ccccc13)-c1nc-2nc2[nH]c(nc3nc(nc4c5c(OC)c6ccccc6c(OC)c5c(n1)n4C)-c1c-3c(OC)c3cc4ccccc4cc3c1OC)c1c(OC)c3ccccc3c(OC)c21. The van der Waals surface area contributed by atoms with E-state index in [0.29, 0.717) is 112 Å². The van der Waals surface area contributed by atoms with E-state index < -0.39 is 0 Å². The van der Waals surface area contributed by atoms with Gasteiger partial charge in [0, 0.05) is 50.1 Å². The molecule has 8 bridgehead atoms. The van der Waals surface area contributed by atoms with Gasteiger partial charge in [-0.3, -0.25) is 0 Å². The monoisotopic (exact) mass is 1020 g/mol. The predicted octanol–water partition coefficient (Wildman–Crippen LogP) is 12.7. The zero-order chi connectivity index (χ0) is 52.5. The lowest BCUT2D eigenvalue weighted by Crippen LogP contribution is -1.98. The van der Waals surface area contributed by atoms with Crippen molar-refractivity contribution in [1.29, 1.82) is 0 Å². The third-order valence-corrected chi connectivity index (χ3v) is 15.0. The molecule has 3 aromatic heterocycles. The van der Waals surface area contributed by atoms with Gasteiger partial charge in [0.15, 0.2) is 23.3 Å². The highest BCUT2D eigenvalue weighted by Crippen LogP contribution is 2.56. The lowest BCUT2D eigenvalue weighted by molar-refractivity contribution is 0.413. The van der Waals surface area contributed by atoms with Crippen molar-refractivity contribution in [2.75, 3.05) is 56.9 Å². The molecule has 16 nitrogen and oxygen atoms in total. The molecule has 9 aromatic carbocycles. The fourth-order valence-corrected chi connectivity index (χ4v) is 11.9. The van der Waals surface area contributed by atoms with Gasteiger partial charge in [-0.25, -0.2) is 29.9 Å². The first-order chi connectivity index (χ1) is 37.8. The zero-order valence-corrected chi connectivity index (χ0v) is 43.3. The van der Waals surface area contributed by atoms with Crippen LogP contribution in [0.3, 0.4) is 0 Å². The van der Waals surface area contributed by atoms with E-state index in [-0.39, 0.29) is 23.3 Å². The third kappa shape index (κ3) is 6.14. The minimum Gasteiger partial charge on any atom is -0.495 e. The molecule has 0 fully saturated rings. The van der Waals surface area contributed by atoms with Crippen molar-refractivity contribution < 1.29 is 37.9 Å². The van der Waals surface area contributed by atoms with Crippen molar-refractivity contribution in [3.05, 3.63) is 109 Å². The topological polar surface area (TPSA) is 172 Å². The minimum absolute atomic E-state index is 0.274. The molecule has 0 atom stereocenters. The quantitative estimate of drug-likeness (QED) is 0.142. The van der Waals surface area contributed by atoms with Gasteiger partial charge in [-0.15, -0.1) is 0 Å². The second-order valence-electron chi connectivity index (χ2n) is 18.6. The maximum absolute atomic E-state index is 6.52. The molecule has 378 valence electrons. The van der Waals surface area contributed by atoms with Crippen molar-refractivity contribution in [3.63, 3.8) is 0 Å². The van der Waals surface area contributed by atoms with Gasteiger partial charge in [0.2, 0.25) is 0 Å². The molecule has 0 radical (unpaired) electrons. The van der Waals surface area contributed by atoms with Crippen LogP contribution in [-0.2, 0) is 7.05 Å². The van der Waals surface area contributed by atoms with Gasteiger partial charge in [-0.1, -0.05) is 97.1 Å². The Kier molecular flexibility index (Phi) is 10.1. The first kappa shape index (κ1) is 45.6. The molecule has 0 saturated carbocycles. The molecule has 14 rings (SSSR count). The van der Waals surface area contributed by atoms with Gasteiger partial charge in [-0.05, 0) is 22.9 Å². The summed E-state index contributed by atoms with van der Waals surface area (Å²) < 4.78 is 53.4. The molecule has 2 aliphatic heterocycles. The summed E-state index contributed by atoms with van der Waals surface area (Å²) >= 11 is 0. The molecule has 12 aromatic rings. The van der Waals surface area contributed by atoms with E-state index >= 15 is 0 Å². The van der Waals surface area contributed by atoms with E-state index in [0.717, 1.165) is 53.9 Å². The number of ether oxygens (including phenoxy) is 8. The highest BCUT2D eigenvalue weighted by atomic mass is 16.5. The largest absolute Gasteiger partial charge is 0.495 e. The average molecular weight is 1020 g/mol. The minimum atomic E-state index is 0.274. The number of aromatic nitrogens is 8. The molecule has 16 heteroatoms. The van der Waals surface area contributed by atoms with Gasteiger partial charge < -0.3 is 47.4 Å². The number of fused-ring (bicyclic) bond motifs is 25. The van der Waals surface area contributed by atoms with Crippen molar-refractivity contribution in [2.45, 2.75) is 0 Å². The number of nitrogens with one attached hydrogen (secondary N) is 1. The van der Waals surface area contributed by atoms with Crippen LogP contribution in [0.5, 0.6) is 46.0 Å². The Morgan fingerprint density at radius 3 is 0.909 bits per heavy atom. The lowest BCUT2D eigenvalue weighted by atomic mass is 9.95. The summed E-state index contributed by atoms with van der Waals surface area (Å²) in [7, 11) is 15.1. The predicted molar refractivity (Wildman–Crippen MR) is 301 cm³/mol. The summed E-state index contributed by atoms with van der Waals surface area (Å²) in [5, 5.41) is 10.7. The Morgan fingerprint density at radius 1 is 0.312 bits per heavy atom. The molecule has 0 saturated heterocycles. The van der Waals surface area contributed by atoms with Crippen LogP contribution in [-0.4, -0.2) is 96.3 Å². The number of rotatable bonds is 8. The molecular weight excluding hydrogens is 973 g/mol. The lowest BCUT2D eigenvalue weighted by Gasteiger charge is -2.17.